The molecule has 1 heteroatoms. The number of nitrogens with zero attached hydrogens (tertiary/aromatic N) is 1. The largest absolute Gasteiger partial charge is 0.309 e. The van der Waals surface area contributed by atoms with Gasteiger partial charge < -0.3 is 4.90 Å². The maximum atomic E-state index is 2.45. The first-order valence-electron chi connectivity index (χ1n) is 15.4. The SMILES string of the molecule is CC1(C)c2cc(-c3ccccc3)ccc2-c2cc(N(c3ccccc3)c3ccccc3-c3ccccc3)c3ccccc3c21. The Bertz CT molecular complexity index is 2130. The summed E-state index contributed by atoms with van der Waals surface area (Å²) in [5.41, 5.74) is 13.7. The standard InChI is InChI=1S/C43H33N/c1-43(2)39-28-32(30-16-6-3-7-17-30)26-27-35(39)38-29-41(36-23-12-13-24-37(36)42(38)43)44(33-20-10-5-11-21-33)40-25-15-14-22-34(40)31-18-8-4-9-19-31/h3-29H,1-2H3. The summed E-state index contributed by atoms with van der Waals surface area (Å²) < 4.78 is 0. The second kappa shape index (κ2) is 10.4. The maximum absolute atomic E-state index is 2.45. The summed E-state index contributed by atoms with van der Waals surface area (Å²) >= 11 is 0. The first-order valence-corrected chi connectivity index (χ1v) is 15.4. The molecule has 0 saturated heterocycles. The van der Waals surface area contributed by atoms with Crippen LogP contribution in [0.25, 0.3) is 44.2 Å². The van der Waals surface area contributed by atoms with Crippen LogP contribution in [0.5, 0.6) is 0 Å². The Labute approximate surface area is 259 Å². The molecule has 0 fully saturated rings. The second-order valence-electron chi connectivity index (χ2n) is 12.2. The molecule has 1 aliphatic carbocycles. The Balaban J connectivity index is 1.42. The molecule has 0 radical (unpaired) electrons. The fraction of sp³-hybridized carbons (Fsp3) is 0.0698. The van der Waals surface area contributed by atoms with E-state index >= 15 is 0 Å². The average molecular weight is 564 g/mol. The summed E-state index contributed by atoms with van der Waals surface area (Å²) in [5.74, 6) is 0. The number of anilines is 3. The Morgan fingerprint density at radius 3 is 1.73 bits per heavy atom. The predicted molar refractivity (Wildman–Crippen MR) is 187 cm³/mol. The van der Waals surface area contributed by atoms with E-state index in [9.17, 15) is 0 Å². The minimum atomic E-state index is -0.146. The first kappa shape index (κ1) is 26.2. The van der Waals surface area contributed by atoms with Crippen LogP contribution in [0.1, 0.15) is 25.0 Å². The van der Waals surface area contributed by atoms with Crippen LogP contribution in [0, 0.1) is 0 Å². The highest BCUT2D eigenvalue weighted by molar-refractivity contribution is 6.08. The van der Waals surface area contributed by atoms with E-state index in [1.165, 1.54) is 61.0 Å². The zero-order valence-corrected chi connectivity index (χ0v) is 25.0. The van der Waals surface area contributed by atoms with Crippen LogP contribution in [-0.4, -0.2) is 0 Å². The molecule has 1 aliphatic rings. The van der Waals surface area contributed by atoms with Gasteiger partial charge in [0.25, 0.3) is 0 Å². The molecule has 0 amide bonds. The van der Waals surface area contributed by atoms with Gasteiger partial charge in [-0.3, -0.25) is 0 Å². The molecule has 0 heterocycles. The highest BCUT2D eigenvalue weighted by atomic mass is 15.1. The number of hydrogen-bond acceptors (Lipinski definition) is 1. The summed E-state index contributed by atoms with van der Waals surface area (Å²) in [4.78, 5) is 2.45. The van der Waals surface area contributed by atoms with Crippen molar-refractivity contribution >= 4 is 27.8 Å². The third kappa shape index (κ3) is 4.16. The summed E-state index contributed by atoms with van der Waals surface area (Å²) in [6, 6.07) is 59.5. The first-order chi connectivity index (χ1) is 21.6. The maximum Gasteiger partial charge on any atom is 0.0546 e. The van der Waals surface area contributed by atoms with Crippen molar-refractivity contribution in [1.82, 2.24) is 0 Å². The molecule has 1 nitrogen and oxygen atoms in total. The van der Waals surface area contributed by atoms with Crippen LogP contribution in [0.4, 0.5) is 17.1 Å². The number of hydrogen-bond donors (Lipinski definition) is 0. The van der Waals surface area contributed by atoms with Crippen LogP contribution >= 0.6 is 0 Å². The van der Waals surface area contributed by atoms with Crippen LogP contribution in [0.2, 0.25) is 0 Å². The van der Waals surface area contributed by atoms with Crippen LogP contribution < -0.4 is 4.90 Å². The van der Waals surface area contributed by atoms with Crippen molar-refractivity contribution in [2.75, 3.05) is 4.90 Å². The van der Waals surface area contributed by atoms with Gasteiger partial charge in [-0.25, -0.2) is 0 Å². The summed E-state index contributed by atoms with van der Waals surface area (Å²) in [6.45, 7) is 4.77. The molecule has 0 saturated carbocycles. The van der Waals surface area contributed by atoms with Gasteiger partial charge in [-0.1, -0.05) is 147 Å². The van der Waals surface area contributed by atoms with Gasteiger partial charge >= 0.3 is 0 Å². The summed E-state index contributed by atoms with van der Waals surface area (Å²) in [6.07, 6.45) is 0. The molecule has 8 rings (SSSR count). The lowest BCUT2D eigenvalue weighted by atomic mass is 9.79. The van der Waals surface area contributed by atoms with Crippen LogP contribution in [-0.2, 0) is 5.41 Å². The van der Waals surface area contributed by atoms with E-state index in [4.69, 9.17) is 0 Å². The molecule has 0 atom stereocenters. The number of fused-ring (bicyclic) bond motifs is 5. The molecule has 0 N–H and O–H groups in total. The highest BCUT2D eigenvalue weighted by Gasteiger charge is 2.38. The van der Waals surface area contributed by atoms with Crippen molar-refractivity contribution in [3.63, 3.8) is 0 Å². The Kier molecular flexibility index (Phi) is 6.20. The average Bonchev–Trinajstić information content (AvgIpc) is 3.32. The van der Waals surface area contributed by atoms with Gasteiger partial charge in [-0.05, 0) is 74.7 Å². The fourth-order valence-corrected chi connectivity index (χ4v) is 7.18. The minimum absolute atomic E-state index is 0.146. The molecule has 44 heavy (non-hydrogen) atoms. The highest BCUT2D eigenvalue weighted by Crippen LogP contribution is 2.55. The number of benzene rings is 7. The number of para-hydroxylation sites is 2. The van der Waals surface area contributed by atoms with Crippen molar-refractivity contribution in [1.29, 1.82) is 0 Å². The third-order valence-corrected chi connectivity index (χ3v) is 9.22. The minimum Gasteiger partial charge on any atom is -0.309 e. The van der Waals surface area contributed by atoms with E-state index in [0.29, 0.717) is 0 Å². The lowest BCUT2D eigenvalue weighted by Crippen LogP contribution is -2.17. The molecule has 0 unspecified atom stereocenters. The predicted octanol–water partition coefficient (Wildman–Crippen LogP) is 11.9. The van der Waals surface area contributed by atoms with Crippen molar-refractivity contribution < 1.29 is 0 Å². The van der Waals surface area contributed by atoms with E-state index < -0.39 is 0 Å². The molecule has 210 valence electrons. The Morgan fingerprint density at radius 2 is 1.00 bits per heavy atom. The van der Waals surface area contributed by atoms with E-state index in [-0.39, 0.29) is 5.41 Å². The monoisotopic (exact) mass is 563 g/mol. The lowest BCUT2D eigenvalue weighted by molar-refractivity contribution is 0.666. The van der Waals surface area contributed by atoms with E-state index in [1.54, 1.807) is 0 Å². The van der Waals surface area contributed by atoms with Crippen LogP contribution in [0.15, 0.2) is 164 Å². The number of rotatable bonds is 5. The second-order valence-corrected chi connectivity index (χ2v) is 12.2. The smallest absolute Gasteiger partial charge is 0.0546 e. The van der Waals surface area contributed by atoms with E-state index in [1.807, 2.05) is 0 Å². The molecule has 0 aliphatic heterocycles. The molecule has 0 spiro atoms. The normalized spacial score (nSPS) is 13.0. The molecule has 0 bridgehead atoms. The zero-order chi connectivity index (χ0) is 29.7. The Hall–Kier alpha value is -5.40. The molecular formula is C43H33N. The Morgan fingerprint density at radius 1 is 0.409 bits per heavy atom. The van der Waals surface area contributed by atoms with Gasteiger partial charge in [0.05, 0.1) is 11.4 Å². The zero-order valence-electron chi connectivity index (χ0n) is 25.0. The third-order valence-electron chi connectivity index (χ3n) is 9.22. The quantitative estimate of drug-likeness (QED) is 0.201. The van der Waals surface area contributed by atoms with Crippen LogP contribution in [0.3, 0.4) is 0 Å². The van der Waals surface area contributed by atoms with Gasteiger partial charge in [0.1, 0.15) is 0 Å². The van der Waals surface area contributed by atoms with E-state index in [0.717, 1.165) is 11.4 Å². The molecule has 7 aromatic rings. The van der Waals surface area contributed by atoms with Gasteiger partial charge in [0.2, 0.25) is 0 Å². The lowest BCUT2D eigenvalue weighted by Gasteiger charge is -2.31. The van der Waals surface area contributed by atoms with Gasteiger partial charge in [0, 0.05) is 22.1 Å². The topological polar surface area (TPSA) is 3.24 Å². The summed E-state index contributed by atoms with van der Waals surface area (Å²) in [5, 5.41) is 2.56. The summed E-state index contributed by atoms with van der Waals surface area (Å²) in [7, 11) is 0. The van der Waals surface area contributed by atoms with E-state index in [2.05, 4.69) is 183 Å². The molecule has 0 aromatic heterocycles. The molecule has 7 aromatic carbocycles. The van der Waals surface area contributed by atoms with Gasteiger partial charge in [-0.15, -0.1) is 0 Å². The van der Waals surface area contributed by atoms with Crippen molar-refractivity contribution in [2.24, 2.45) is 0 Å². The fourth-order valence-electron chi connectivity index (χ4n) is 7.18. The van der Waals surface area contributed by atoms with Gasteiger partial charge in [-0.2, -0.15) is 0 Å². The van der Waals surface area contributed by atoms with Crippen molar-refractivity contribution in [2.45, 2.75) is 19.3 Å². The molecular weight excluding hydrogens is 530 g/mol. The van der Waals surface area contributed by atoms with Crippen molar-refractivity contribution in [3.8, 4) is 33.4 Å². The van der Waals surface area contributed by atoms with Crippen molar-refractivity contribution in [3.05, 3.63) is 175 Å². The van der Waals surface area contributed by atoms with Gasteiger partial charge in [0.15, 0.2) is 0 Å².